The van der Waals surface area contributed by atoms with Gasteiger partial charge in [-0.3, -0.25) is 10.1 Å². The third-order valence-corrected chi connectivity index (χ3v) is 6.61. The molecule has 0 radical (unpaired) electrons. The molecule has 12 heteroatoms. The second-order valence-corrected chi connectivity index (χ2v) is 10.3. The summed E-state index contributed by atoms with van der Waals surface area (Å²) in [6.07, 6.45) is 0.901. The Morgan fingerprint density at radius 3 is 2.34 bits per heavy atom. The van der Waals surface area contributed by atoms with Crippen LogP contribution >= 0.6 is 11.6 Å². The van der Waals surface area contributed by atoms with Gasteiger partial charge in [-0.15, -0.1) is 0 Å². The van der Waals surface area contributed by atoms with Gasteiger partial charge in [0, 0.05) is 18.7 Å². The lowest BCUT2D eigenvalue weighted by molar-refractivity contribution is -0.384. The summed E-state index contributed by atoms with van der Waals surface area (Å²) in [4.78, 5) is 10.1. The minimum Gasteiger partial charge on any atom is -0.383 e. The Balaban J connectivity index is 2.43. The summed E-state index contributed by atoms with van der Waals surface area (Å²) in [5, 5.41) is 10.9. The van der Waals surface area contributed by atoms with Gasteiger partial charge in [0.15, 0.2) is 0 Å². The van der Waals surface area contributed by atoms with Gasteiger partial charge >= 0.3 is 10.1 Å². The highest BCUT2D eigenvalue weighted by molar-refractivity contribution is 7.89. The second-order valence-electron chi connectivity index (χ2n) is 6.45. The van der Waals surface area contributed by atoms with Crippen LogP contribution in [0, 0.1) is 10.1 Å². The minimum atomic E-state index is -4.11. The smallest absolute Gasteiger partial charge is 0.306 e. The van der Waals surface area contributed by atoms with E-state index in [0.717, 1.165) is 22.7 Å². The first kappa shape index (κ1) is 23.1. The Morgan fingerprint density at radius 2 is 1.79 bits per heavy atom. The van der Waals surface area contributed by atoms with E-state index in [1.807, 2.05) is 0 Å². The first-order chi connectivity index (χ1) is 13.3. The Morgan fingerprint density at radius 1 is 1.14 bits per heavy atom. The lowest BCUT2D eigenvalue weighted by Gasteiger charge is -2.26. The molecule has 0 N–H and O–H groups in total. The first-order valence-electron chi connectivity index (χ1n) is 8.25. The maximum atomic E-state index is 13.1. The number of hydrogen-bond acceptors (Lipinski definition) is 7. The van der Waals surface area contributed by atoms with E-state index in [1.54, 1.807) is 19.9 Å². The fraction of sp³-hybridized carbons (Fsp3) is 0.294. The van der Waals surface area contributed by atoms with E-state index in [9.17, 15) is 26.9 Å². The molecule has 0 bridgehead atoms. The van der Waals surface area contributed by atoms with Gasteiger partial charge in [0.25, 0.3) is 5.69 Å². The largest absolute Gasteiger partial charge is 0.383 e. The average molecular weight is 463 g/mol. The van der Waals surface area contributed by atoms with Gasteiger partial charge in [-0.25, -0.2) is 8.42 Å². The van der Waals surface area contributed by atoms with Crippen molar-refractivity contribution in [1.29, 1.82) is 0 Å². The summed E-state index contributed by atoms with van der Waals surface area (Å²) >= 11 is 5.77. The normalized spacial score (nSPS) is 12.3. The number of hydrogen-bond donors (Lipinski definition) is 0. The molecule has 0 atom stereocenters. The zero-order chi connectivity index (χ0) is 22.0. The van der Waals surface area contributed by atoms with Crippen molar-refractivity contribution in [3.05, 3.63) is 63.2 Å². The van der Waals surface area contributed by atoms with E-state index in [0.29, 0.717) is 5.56 Å². The molecule has 2 aromatic carbocycles. The zero-order valence-electron chi connectivity index (χ0n) is 15.8. The van der Waals surface area contributed by atoms with Crippen molar-refractivity contribution in [3.63, 3.8) is 0 Å². The first-order valence-corrected chi connectivity index (χ1v) is 11.9. The van der Waals surface area contributed by atoms with E-state index in [4.69, 9.17) is 15.8 Å². The van der Waals surface area contributed by atoms with Crippen LogP contribution in [0.2, 0.25) is 5.02 Å². The van der Waals surface area contributed by atoms with Crippen molar-refractivity contribution in [2.45, 2.75) is 31.3 Å². The van der Waals surface area contributed by atoms with Gasteiger partial charge in [0.2, 0.25) is 10.0 Å². The predicted molar refractivity (Wildman–Crippen MR) is 108 cm³/mol. The molecule has 0 aromatic heterocycles. The molecule has 0 unspecified atom stereocenters. The predicted octanol–water partition coefficient (Wildman–Crippen LogP) is 3.19. The fourth-order valence-corrected chi connectivity index (χ4v) is 4.81. The van der Waals surface area contributed by atoms with E-state index in [1.165, 1.54) is 24.3 Å². The zero-order valence-corrected chi connectivity index (χ0v) is 18.2. The lowest BCUT2D eigenvalue weighted by Crippen LogP contribution is -2.36. The number of sulfonamides is 1. The van der Waals surface area contributed by atoms with Gasteiger partial charge in [0.05, 0.1) is 16.1 Å². The molecule has 2 rings (SSSR count). The van der Waals surface area contributed by atoms with Crippen LogP contribution < -0.4 is 4.18 Å². The van der Waals surface area contributed by atoms with Crippen LogP contribution in [0.25, 0.3) is 0 Å². The van der Waals surface area contributed by atoms with Gasteiger partial charge < -0.3 is 4.18 Å². The van der Waals surface area contributed by atoms with Crippen molar-refractivity contribution in [2.75, 3.05) is 6.26 Å². The highest BCUT2D eigenvalue weighted by Gasteiger charge is 2.29. The molecule has 29 heavy (non-hydrogen) atoms. The van der Waals surface area contributed by atoms with Crippen LogP contribution in [0.3, 0.4) is 0 Å². The van der Waals surface area contributed by atoms with Crippen LogP contribution in [0.4, 0.5) is 5.69 Å². The summed E-state index contributed by atoms with van der Waals surface area (Å²) in [6.45, 7) is 3.20. The van der Waals surface area contributed by atoms with Gasteiger partial charge in [-0.1, -0.05) is 23.7 Å². The lowest BCUT2D eigenvalue weighted by atomic mass is 10.2. The Kier molecular flexibility index (Phi) is 6.89. The minimum absolute atomic E-state index is 0.0493. The van der Waals surface area contributed by atoms with Crippen molar-refractivity contribution in [2.24, 2.45) is 0 Å². The van der Waals surface area contributed by atoms with Crippen LogP contribution in [0.1, 0.15) is 19.4 Å². The van der Waals surface area contributed by atoms with E-state index in [2.05, 4.69) is 0 Å². The molecular weight excluding hydrogens is 444 g/mol. The molecule has 0 fully saturated rings. The molecule has 0 aliphatic rings. The molecule has 0 aliphatic heterocycles. The van der Waals surface area contributed by atoms with Crippen molar-refractivity contribution >= 4 is 37.4 Å². The molecule has 0 spiro atoms. The summed E-state index contributed by atoms with van der Waals surface area (Å²) < 4.78 is 54.8. The number of nitrogens with zero attached hydrogens (tertiary/aromatic N) is 2. The van der Waals surface area contributed by atoms with Crippen molar-refractivity contribution in [1.82, 2.24) is 4.31 Å². The molecule has 0 saturated heterocycles. The fourth-order valence-electron chi connectivity index (χ4n) is 2.52. The molecule has 2 aromatic rings. The maximum Gasteiger partial charge on any atom is 0.306 e. The quantitative estimate of drug-likeness (QED) is 0.335. The van der Waals surface area contributed by atoms with Gasteiger partial charge in [-0.2, -0.15) is 12.7 Å². The van der Waals surface area contributed by atoms with Gasteiger partial charge in [0.1, 0.15) is 10.8 Å². The summed E-state index contributed by atoms with van der Waals surface area (Å²) in [5.74, 6) is 0.0493. The SMILES string of the molecule is CC(C)N(Cc1cccc(OS(C)(=O)=O)c1)S(=O)(=O)c1ccc(Cl)c([N+](=O)[O-])c1. The molecular formula is C17H19ClN2O7S2. The summed E-state index contributed by atoms with van der Waals surface area (Å²) in [6, 6.07) is 8.77. The number of benzene rings is 2. The van der Waals surface area contributed by atoms with Crippen LogP contribution in [0.15, 0.2) is 47.4 Å². The van der Waals surface area contributed by atoms with E-state index < -0.39 is 36.8 Å². The number of nitro benzene ring substituents is 1. The monoisotopic (exact) mass is 462 g/mol. The summed E-state index contributed by atoms with van der Waals surface area (Å²) in [5.41, 5.74) is -0.0353. The Bertz CT molecular complexity index is 1130. The molecule has 9 nitrogen and oxygen atoms in total. The van der Waals surface area contributed by atoms with Crippen molar-refractivity contribution < 1.29 is 25.9 Å². The third kappa shape index (κ3) is 5.89. The number of nitro groups is 1. The van der Waals surface area contributed by atoms with Gasteiger partial charge in [-0.05, 0) is 43.7 Å². The van der Waals surface area contributed by atoms with E-state index >= 15 is 0 Å². The Hall–Kier alpha value is -2.21. The highest BCUT2D eigenvalue weighted by Crippen LogP contribution is 2.30. The maximum absolute atomic E-state index is 13.1. The topological polar surface area (TPSA) is 124 Å². The number of halogens is 1. The second kappa shape index (κ2) is 8.66. The average Bonchev–Trinajstić information content (AvgIpc) is 2.58. The highest BCUT2D eigenvalue weighted by atomic mass is 35.5. The van der Waals surface area contributed by atoms with Crippen LogP contribution in [-0.2, 0) is 26.7 Å². The Labute approximate surface area is 174 Å². The van der Waals surface area contributed by atoms with E-state index in [-0.39, 0.29) is 22.2 Å². The van der Waals surface area contributed by atoms with Crippen LogP contribution in [0.5, 0.6) is 5.75 Å². The molecule has 0 aliphatic carbocycles. The summed E-state index contributed by atoms with van der Waals surface area (Å²) in [7, 11) is -7.84. The standard InChI is InChI=1S/C17H19ClN2O7S2/c1-12(2)19(11-13-5-4-6-14(9-13)27-28(3,23)24)29(25,26)15-7-8-16(18)17(10-15)20(21)22/h4-10,12H,11H2,1-3H3. The number of rotatable bonds is 8. The molecule has 158 valence electrons. The van der Waals surface area contributed by atoms with Crippen molar-refractivity contribution in [3.8, 4) is 5.75 Å². The molecule has 0 heterocycles. The van der Waals surface area contributed by atoms with Crippen LogP contribution in [-0.4, -0.2) is 38.4 Å². The molecule has 0 amide bonds. The third-order valence-electron chi connectivity index (χ3n) is 3.78. The molecule has 0 saturated carbocycles.